The molecule has 1 aliphatic heterocycles. The van der Waals surface area contributed by atoms with Crippen LogP contribution in [0, 0.1) is 12.7 Å². The zero-order valence-corrected chi connectivity index (χ0v) is 17.4. The minimum Gasteiger partial charge on any atom is -0.280 e. The molecule has 150 valence electrons. The number of benzene rings is 3. The summed E-state index contributed by atoms with van der Waals surface area (Å²) >= 11 is 6.64. The normalized spacial score (nSPS) is 18.1. The van der Waals surface area contributed by atoms with Crippen LogP contribution in [0.5, 0.6) is 0 Å². The summed E-state index contributed by atoms with van der Waals surface area (Å²) in [7, 11) is 0. The second kappa shape index (κ2) is 9.08. The molecule has 1 saturated heterocycles. The highest BCUT2D eigenvalue weighted by molar-refractivity contribution is 6.31. The van der Waals surface area contributed by atoms with Crippen LogP contribution in [0.3, 0.4) is 0 Å². The molecule has 2 nitrogen and oxygen atoms in total. The van der Waals surface area contributed by atoms with Crippen molar-refractivity contribution in [3.05, 3.63) is 106 Å². The van der Waals surface area contributed by atoms with Crippen molar-refractivity contribution in [2.45, 2.75) is 32.6 Å². The Morgan fingerprint density at radius 3 is 2.24 bits per heavy atom. The van der Waals surface area contributed by atoms with Crippen LogP contribution >= 0.6 is 11.6 Å². The molecule has 0 amide bonds. The Bertz CT molecular complexity index is 957. The van der Waals surface area contributed by atoms with Gasteiger partial charge in [0.1, 0.15) is 5.82 Å². The van der Waals surface area contributed by atoms with E-state index in [1.807, 2.05) is 24.3 Å². The van der Waals surface area contributed by atoms with Crippen molar-refractivity contribution in [1.29, 1.82) is 0 Å². The number of hydrogen-bond acceptors (Lipinski definition) is 2. The van der Waals surface area contributed by atoms with Crippen molar-refractivity contribution >= 4 is 11.6 Å². The largest absolute Gasteiger partial charge is 0.280 e. The van der Waals surface area contributed by atoms with Gasteiger partial charge >= 0.3 is 0 Å². The van der Waals surface area contributed by atoms with Crippen LogP contribution in [0.25, 0.3) is 0 Å². The summed E-state index contributed by atoms with van der Waals surface area (Å²) in [4.78, 5) is 4.96. The van der Waals surface area contributed by atoms with Crippen LogP contribution in [0.15, 0.2) is 72.8 Å². The highest BCUT2D eigenvalue weighted by Gasteiger charge is 2.32. The van der Waals surface area contributed by atoms with Gasteiger partial charge in [0.25, 0.3) is 0 Å². The molecule has 1 atom stereocenters. The van der Waals surface area contributed by atoms with Gasteiger partial charge in [-0.15, -0.1) is 0 Å². The van der Waals surface area contributed by atoms with Crippen LogP contribution in [-0.4, -0.2) is 22.9 Å². The second-order valence-electron chi connectivity index (χ2n) is 7.81. The maximum Gasteiger partial charge on any atom is 0.123 e. The summed E-state index contributed by atoms with van der Waals surface area (Å²) in [5, 5.41) is 0.790. The smallest absolute Gasteiger partial charge is 0.123 e. The fourth-order valence-electron chi connectivity index (χ4n) is 4.23. The first kappa shape index (κ1) is 20.1. The number of hydrogen-bond donors (Lipinski definition) is 0. The molecular formula is C25H26ClFN2. The number of rotatable bonds is 5. The van der Waals surface area contributed by atoms with Crippen molar-refractivity contribution in [2.75, 3.05) is 13.1 Å². The highest BCUT2D eigenvalue weighted by Crippen LogP contribution is 2.35. The molecule has 0 unspecified atom stereocenters. The predicted molar refractivity (Wildman–Crippen MR) is 117 cm³/mol. The molecule has 1 fully saturated rings. The first-order chi connectivity index (χ1) is 14.1. The maximum atomic E-state index is 13.4. The topological polar surface area (TPSA) is 6.48 Å². The third-order valence-electron chi connectivity index (χ3n) is 5.53. The van der Waals surface area contributed by atoms with E-state index in [-0.39, 0.29) is 12.0 Å². The average Bonchev–Trinajstić information content (AvgIpc) is 2.71. The predicted octanol–water partition coefficient (Wildman–Crippen LogP) is 6.19. The summed E-state index contributed by atoms with van der Waals surface area (Å²) in [5.41, 5.74) is 4.83. The Hall–Kier alpha value is -2.20. The van der Waals surface area contributed by atoms with Crippen LogP contribution < -0.4 is 0 Å². The van der Waals surface area contributed by atoms with Crippen molar-refractivity contribution in [3.63, 3.8) is 0 Å². The molecule has 3 aromatic carbocycles. The maximum absolute atomic E-state index is 13.4. The summed E-state index contributed by atoms with van der Waals surface area (Å²) in [5.74, 6) is -0.198. The van der Waals surface area contributed by atoms with Gasteiger partial charge in [-0.3, -0.25) is 9.80 Å². The SMILES string of the molecule is Cc1cccc(CN2CCCN(Cc3ccc(F)cc3)[C@H]2c2ccccc2Cl)c1. The molecule has 4 heteroatoms. The monoisotopic (exact) mass is 408 g/mol. The first-order valence-corrected chi connectivity index (χ1v) is 10.5. The third kappa shape index (κ3) is 4.87. The molecule has 0 radical (unpaired) electrons. The number of aryl methyl sites for hydroxylation is 1. The molecule has 0 saturated carbocycles. The Balaban J connectivity index is 1.66. The van der Waals surface area contributed by atoms with E-state index in [2.05, 4.69) is 53.1 Å². The van der Waals surface area contributed by atoms with Crippen molar-refractivity contribution in [2.24, 2.45) is 0 Å². The van der Waals surface area contributed by atoms with Crippen LogP contribution in [0.2, 0.25) is 5.02 Å². The molecule has 0 bridgehead atoms. The first-order valence-electron chi connectivity index (χ1n) is 10.1. The van der Waals surface area contributed by atoms with E-state index in [4.69, 9.17) is 11.6 Å². The molecule has 0 aliphatic carbocycles. The zero-order chi connectivity index (χ0) is 20.2. The van der Waals surface area contributed by atoms with Crippen LogP contribution in [-0.2, 0) is 13.1 Å². The summed E-state index contributed by atoms with van der Waals surface area (Å²) in [6.45, 7) is 5.77. The minimum absolute atomic E-state index is 0.0861. The summed E-state index contributed by atoms with van der Waals surface area (Å²) in [6, 6.07) is 23.6. The van der Waals surface area contributed by atoms with Gasteiger partial charge in [-0.05, 0) is 42.7 Å². The van der Waals surface area contributed by atoms with Gasteiger partial charge in [-0.1, -0.05) is 71.8 Å². The van der Waals surface area contributed by atoms with Crippen LogP contribution in [0.1, 0.15) is 34.8 Å². The summed E-state index contributed by atoms with van der Waals surface area (Å²) in [6.07, 6.45) is 1.18. The standard InChI is InChI=1S/C25H26ClFN2/c1-19-6-4-7-21(16-19)18-29-15-5-14-28(17-20-10-12-22(27)13-11-20)25(29)23-8-2-3-9-24(23)26/h2-4,6-13,16,25H,5,14-15,17-18H2,1H3/t25-/m1/s1. The van der Waals surface area contributed by atoms with E-state index in [0.29, 0.717) is 0 Å². The second-order valence-corrected chi connectivity index (χ2v) is 8.21. The molecule has 0 N–H and O–H groups in total. The quantitative estimate of drug-likeness (QED) is 0.496. The molecule has 0 spiro atoms. The molecule has 0 aromatic heterocycles. The minimum atomic E-state index is -0.198. The Morgan fingerprint density at radius 2 is 1.55 bits per heavy atom. The van der Waals surface area contributed by atoms with E-state index < -0.39 is 0 Å². The highest BCUT2D eigenvalue weighted by atomic mass is 35.5. The lowest BCUT2D eigenvalue weighted by Gasteiger charge is -2.44. The van der Waals surface area contributed by atoms with Gasteiger partial charge in [0, 0.05) is 36.8 Å². The fraction of sp³-hybridized carbons (Fsp3) is 0.280. The van der Waals surface area contributed by atoms with E-state index in [9.17, 15) is 4.39 Å². The van der Waals surface area contributed by atoms with E-state index in [1.54, 1.807) is 0 Å². The molecular weight excluding hydrogens is 383 g/mol. The fourth-order valence-corrected chi connectivity index (χ4v) is 4.46. The number of nitrogens with zero attached hydrogens (tertiary/aromatic N) is 2. The van der Waals surface area contributed by atoms with Gasteiger partial charge in [0.15, 0.2) is 0 Å². The lowest BCUT2D eigenvalue weighted by atomic mass is 10.0. The van der Waals surface area contributed by atoms with Crippen molar-refractivity contribution < 1.29 is 4.39 Å². The zero-order valence-electron chi connectivity index (χ0n) is 16.7. The lowest BCUT2D eigenvalue weighted by molar-refractivity contribution is -0.00904. The Kier molecular flexibility index (Phi) is 6.29. The molecule has 1 aliphatic rings. The molecule has 29 heavy (non-hydrogen) atoms. The van der Waals surface area contributed by atoms with Gasteiger partial charge in [0.2, 0.25) is 0 Å². The summed E-state index contributed by atoms with van der Waals surface area (Å²) < 4.78 is 13.4. The molecule has 4 rings (SSSR count). The van der Waals surface area contributed by atoms with Gasteiger partial charge in [0.05, 0.1) is 6.17 Å². The van der Waals surface area contributed by atoms with Crippen molar-refractivity contribution in [3.8, 4) is 0 Å². The van der Waals surface area contributed by atoms with Crippen molar-refractivity contribution in [1.82, 2.24) is 9.80 Å². The molecule has 1 heterocycles. The number of halogens is 2. The van der Waals surface area contributed by atoms with Gasteiger partial charge in [-0.25, -0.2) is 4.39 Å². The Morgan fingerprint density at radius 1 is 0.862 bits per heavy atom. The van der Waals surface area contributed by atoms with Crippen LogP contribution in [0.4, 0.5) is 4.39 Å². The van der Waals surface area contributed by atoms with Gasteiger partial charge in [-0.2, -0.15) is 0 Å². The Labute approximate surface area is 177 Å². The molecule has 3 aromatic rings. The lowest BCUT2D eigenvalue weighted by Crippen LogP contribution is -2.47. The van der Waals surface area contributed by atoms with E-state index in [1.165, 1.54) is 23.3 Å². The average molecular weight is 409 g/mol. The van der Waals surface area contributed by atoms with E-state index in [0.717, 1.165) is 48.7 Å². The van der Waals surface area contributed by atoms with E-state index >= 15 is 0 Å². The van der Waals surface area contributed by atoms with Gasteiger partial charge < -0.3 is 0 Å². The third-order valence-corrected chi connectivity index (χ3v) is 5.88.